The monoisotopic (exact) mass is 473 g/mol. The summed E-state index contributed by atoms with van der Waals surface area (Å²) in [5.74, 6) is 0. The van der Waals surface area contributed by atoms with E-state index in [1.165, 1.54) is 0 Å². The second-order valence-electron chi connectivity index (χ2n) is 7.06. The molecule has 2 saturated heterocycles. The lowest BCUT2D eigenvalue weighted by Gasteiger charge is -2.46. The van der Waals surface area contributed by atoms with Gasteiger partial charge in [0.1, 0.15) is 58.6 Å². The Kier molecular flexibility index (Phi) is 10.1. The van der Waals surface area contributed by atoms with Gasteiger partial charge in [-0.2, -0.15) is 0 Å². The van der Waals surface area contributed by atoms with Crippen LogP contribution in [-0.2, 0) is 14.2 Å². The summed E-state index contributed by atoms with van der Waals surface area (Å²) in [5.41, 5.74) is -0.972. The molecule has 0 amide bonds. The number of thiocarbonyl (C=S) groups is 1. The normalized spacial score (nSPS) is 42.2. The summed E-state index contributed by atoms with van der Waals surface area (Å²) in [4.78, 5) is 1.87. The predicted octanol–water partition coefficient (Wildman–Crippen LogP) is -3.03. The summed E-state index contributed by atoms with van der Waals surface area (Å²) < 4.78 is 16.9. The first-order chi connectivity index (χ1) is 14.2. The fourth-order valence-electron chi connectivity index (χ4n) is 3.31. The van der Waals surface area contributed by atoms with Crippen molar-refractivity contribution in [2.24, 2.45) is 0 Å². The van der Waals surface area contributed by atoms with E-state index in [0.717, 1.165) is 11.8 Å². The third-order valence-corrected chi connectivity index (χ3v) is 6.83. The van der Waals surface area contributed by atoms with Gasteiger partial charge in [-0.25, -0.2) is 0 Å². The van der Waals surface area contributed by atoms with Crippen LogP contribution < -0.4 is 0 Å². The van der Waals surface area contributed by atoms with Crippen molar-refractivity contribution in [3.8, 4) is 0 Å². The maximum Gasteiger partial charge on any atom is 0.187 e. The van der Waals surface area contributed by atoms with Crippen LogP contribution in [0.4, 0.5) is 0 Å². The highest BCUT2D eigenvalue weighted by Crippen LogP contribution is 2.33. The molecule has 0 bridgehead atoms. The Bertz CT molecular complexity index is 553. The third-order valence-electron chi connectivity index (χ3n) is 5.20. The Hall–Kier alpha value is -0.160. The zero-order valence-corrected chi connectivity index (χ0v) is 18.4. The topological polar surface area (TPSA) is 173 Å². The van der Waals surface area contributed by atoms with E-state index in [-0.39, 0.29) is 0 Å². The molecule has 0 aromatic carbocycles. The first-order valence-corrected chi connectivity index (χ1v) is 11.0. The first-order valence-electron chi connectivity index (χ1n) is 9.74. The Morgan fingerprint density at radius 1 is 0.867 bits per heavy atom. The van der Waals surface area contributed by atoms with Gasteiger partial charge in [-0.15, -0.1) is 0 Å². The molecule has 2 aliphatic heterocycles. The zero-order chi connectivity index (χ0) is 22.6. The standard InChI is InChI=1S/C17H31NO10S2/c1-3-18(4-2)17(29)30-16-13(25)11(23)14(8(6-20)27-16)28-15-12(24)10(22)9(21)7(5-19)26-15/h7-16,19-25H,3-6H2,1-2H3/t7-,8-,9+,10+,11-,12-,13-,14-,15+,16?/m1/s1. The summed E-state index contributed by atoms with van der Waals surface area (Å²) in [6.45, 7) is 3.91. The number of rotatable bonds is 7. The number of aliphatic hydroxyl groups is 7. The number of ether oxygens (including phenoxy) is 3. The van der Waals surface area contributed by atoms with Gasteiger partial charge >= 0.3 is 0 Å². The van der Waals surface area contributed by atoms with Crippen molar-refractivity contribution in [1.82, 2.24) is 4.90 Å². The van der Waals surface area contributed by atoms with Crippen LogP contribution in [0, 0.1) is 0 Å². The molecular formula is C17H31NO10S2. The van der Waals surface area contributed by atoms with Gasteiger partial charge in [0.25, 0.3) is 0 Å². The highest BCUT2D eigenvalue weighted by Gasteiger charge is 2.50. The largest absolute Gasteiger partial charge is 0.394 e. The number of nitrogens with zero attached hydrogens (tertiary/aromatic N) is 1. The number of hydrogen-bond acceptors (Lipinski definition) is 12. The van der Waals surface area contributed by atoms with Crippen molar-refractivity contribution in [3.05, 3.63) is 0 Å². The second-order valence-corrected chi connectivity index (χ2v) is 8.79. The molecule has 11 nitrogen and oxygen atoms in total. The van der Waals surface area contributed by atoms with Crippen LogP contribution in [0.1, 0.15) is 13.8 Å². The van der Waals surface area contributed by atoms with Gasteiger partial charge in [0.2, 0.25) is 0 Å². The third kappa shape index (κ3) is 5.60. The van der Waals surface area contributed by atoms with Gasteiger partial charge in [0, 0.05) is 13.1 Å². The highest BCUT2D eigenvalue weighted by molar-refractivity contribution is 8.23. The molecule has 7 N–H and O–H groups in total. The molecule has 0 aromatic heterocycles. The van der Waals surface area contributed by atoms with E-state index < -0.39 is 73.8 Å². The first kappa shape index (κ1) is 26.1. The molecule has 13 heteroatoms. The molecule has 176 valence electrons. The smallest absolute Gasteiger partial charge is 0.187 e. The molecule has 0 spiro atoms. The molecule has 2 fully saturated rings. The van der Waals surface area contributed by atoms with Crippen LogP contribution in [0.15, 0.2) is 0 Å². The van der Waals surface area contributed by atoms with Crippen LogP contribution in [0.3, 0.4) is 0 Å². The van der Waals surface area contributed by atoms with Crippen molar-refractivity contribution in [1.29, 1.82) is 0 Å². The molecule has 2 heterocycles. The van der Waals surface area contributed by atoms with Crippen LogP contribution in [0.5, 0.6) is 0 Å². The van der Waals surface area contributed by atoms with E-state index >= 15 is 0 Å². The van der Waals surface area contributed by atoms with Crippen LogP contribution in [0.2, 0.25) is 0 Å². The van der Waals surface area contributed by atoms with Crippen molar-refractivity contribution < 1.29 is 50.0 Å². The zero-order valence-electron chi connectivity index (χ0n) is 16.7. The van der Waals surface area contributed by atoms with Crippen molar-refractivity contribution in [2.75, 3.05) is 26.3 Å². The van der Waals surface area contributed by atoms with Crippen molar-refractivity contribution >= 4 is 28.3 Å². The SMILES string of the molecule is CCN(CC)C(=S)SC1O[C@H](CO)[C@@H](O[C@@H]2O[C@H](CO)[C@H](O)[C@H](O)[C@H]2O)[C@H](O)[C@H]1O. The minimum absolute atomic E-state index is 0.459. The Balaban J connectivity index is 2.10. The van der Waals surface area contributed by atoms with Crippen molar-refractivity contribution in [2.45, 2.75) is 74.4 Å². The van der Waals surface area contributed by atoms with Gasteiger partial charge in [-0.05, 0) is 13.8 Å². The minimum Gasteiger partial charge on any atom is -0.394 e. The summed E-state index contributed by atoms with van der Waals surface area (Å²) in [6.07, 6.45) is -13.1. The van der Waals surface area contributed by atoms with Crippen LogP contribution in [0.25, 0.3) is 0 Å². The lowest BCUT2D eigenvalue weighted by Crippen LogP contribution is -2.64. The number of hydrogen-bond donors (Lipinski definition) is 7. The molecule has 0 saturated carbocycles. The second kappa shape index (κ2) is 11.6. The fourth-order valence-corrected chi connectivity index (χ4v) is 4.96. The van der Waals surface area contributed by atoms with E-state index in [0.29, 0.717) is 17.4 Å². The lowest BCUT2D eigenvalue weighted by atomic mass is 9.97. The molecule has 2 rings (SSSR count). The average molecular weight is 474 g/mol. The van der Waals surface area contributed by atoms with E-state index in [1.54, 1.807) is 0 Å². The Morgan fingerprint density at radius 3 is 2.00 bits per heavy atom. The molecule has 0 aromatic rings. The summed E-state index contributed by atoms with van der Waals surface area (Å²) in [6, 6.07) is 0. The quantitative estimate of drug-likeness (QED) is 0.186. The van der Waals surface area contributed by atoms with Gasteiger partial charge in [0.05, 0.1) is 13.2 Å². The summed E-state index contributed by atoms with van der Waals surface area (Å²) in [5, 5.41) is 70.0. The van der Waals surface area contributed by atoms with E-state index in [4.69, 9.17) is 26.4 Å². The fraction of sp³-hybridized carbons (Fsp3) is 0.941. The van der Waals surface area contributed by atoms with Crippen LogP contribution >= 0.6 is 24.0 Å². The van der Waals surface area contributed by atoms with E-state index in [1.807, 2.05) is 18.7 Å². The minimum atomic E-state index is -1.70. The molecule has 0 aliphatic carbocycles. The molecular weight excluding hydrogens is 442 g/mol. The van der Waals surface area contributed by atoms with Crippen molar-refractivity contribution in [3.63, 3.8) is 0 Å². The summed E-state index contributed by atoms with van der Waals surface area (Å²) in [7, 11) is 0. The molecule has 1 unspecified atom stereocenters. The number of thioether (sulfide) groups is 1. The van der Waals surface area contributed by atoms with E-state index in [9.17, 15) is 35.7 Å². The Morgan fingerprint density at radius 2 is 1.47 bits per heavy atom. The maximum absolute atomic E-state index is 10.6. The van der Waals surface area contributed by atoms with Gasteiger partial charge in [0.15, 0.2) is 6.29 Å². The van der Waals surface area contributed by atoms with Gasteiger partial charge in [-0.3, -0.25) is 0 Å². The van der Waals surface area contributed by atoms with Crippen LogP contribution in [-0.4, -0.2) is 132 Å². The highest BCUT2D eigenvalue weighted by atomic mass is 32.2. The number of aliphatic hydroxyl groups excluding tert-OH is 7. The molecule has 30 heavy (non-hydrogen) atoms. The van der Waals surface area contributed by atoms with Gasteiger partial charge < -0.3 is 54.9 Å². The van der Waals surface area contributed by atoms with Gasteiger partial charge in [-0.1, -0.05) is 24.0 Å². The molecule has 0 radical (unpaired) electrons. The molecule has 2 aliphatic rings. The maximum atomic E-state index is 10.6. The molecule has 10 atom stereocenters. The lowest BCUT2D eigenvalue weighted by molar-refractivity contribution is -0.338. The predicted molar refractivity (Wildman–Crippen MR) is 110 cm³/mol. The summed E-state index contributed by atoms with van der Waals surface area (Å²) >= 11 is 6.38. The van der Waals surface area contributed by atoms with E-state index in [2.05, 4.69) is 0 Å². The Labute approximate surface area is 184 Å². The average Bonchev–Trinajstić information content (AvgIpc) is 2.74.